The van der Waals surface area contributed by atoms with Gasteiger partial charge in [-0.2, -0.15) is 5.26 Å². The lowest BCUT2D eigenvalue weighted by Crippen LogP contribution is -2.32. The molecule has 0 saturated carbocycles. The van der Waals surface area contributed by atoms with Crippen LogP contribution in [-0.2, 0) is 11.2 Å². The quantitative estimate of drug-likeness (QED) is 0.867. The summed E-state index contributed by atoms with van der Waals surface area (Å²) in [4.78, 5) is 13.4. The second-order valence-corrected chi connectivity index (χ2v) is 4.77. The monoisotopic (exact) mass is 273 g/mol. The molecule has 0 atom stereocenters. The van der Waals surface area contributed by atoms with Crippen LogP contribution in [0.3, 0.4) is 0 Å². The van der Waals surface area contributed by atoms with Crippen molar-refractivity contribution in [1.29, 1.82) is 5.26 Å². The minimum Gasteiger partial charge on any atom is -0.492 e. The maximum Gasteiger partial charge on any atom is 0.221 e. The summed E-state index contributed by atoms with van der Waals surface area (Å²) in [5.74, 6) is 0.942. The van der Waals surface area contributed by atoms with Gasteiger partial charge in [-0.1, -0.05) is 12.1 Å². The summed E-state index contributed by atoms with van der Waals surface area (Å²) in [6.45, 7) is 3.79. The van der Waals surface area contributed by atoms with E-state index in [-0.39, 0.29) is 5.91 Å². The van der Waals surface area contributed by atoms with Crippen molar-refractivity contribution >= 4 is 5.91 Å². The van der Waals surface area contributed by atoms with Crippen LogP contribution in [0, 0.1) is 11.3 Å². The van der Waals surface area contributed by atoms with Crippen LogP contribution >= 0.6 is 0 Å². The molecular formula is C15H19N3O2. The largest absolute Gasteiger partial charge is 0.492 e. The number of hydrogen-bond donors (Lipinski definition) is 1. The van der Waals surface area contributed by atoms with Crippen LogP contribution in [0.1, 0.15) is 12.0 Å². The van der Waals surface area contributed by atoms with Gasteiger partial charge in [-0.15, -0.1) is 0 Å². The standard InChI is InChI=1S/C15H19N3O2/c16-7-5-13-1-3-14(4-2-13)20-12-11-18-9-6-15(19)17-8-10-18/h1-4H,5-6,8-12H2,(H,17,19). The van der Waals surface area contributed by atoms with Crippen molar-refractivity contribution < 1.29 is 9.53 Å². The van der Waals surface area contributed by atoms with Gasteiger partial charge in [0.15, 0.2) is 0 Å². The van der Waals surface area contributed by atoms with E-state index >= 15 is 0 Å². The molecule has 106 valence electrons. The molecule has 0 spiro atoms. The molecule has 1 saturated heterocycles. The van der Waals surface area contributed by atoms with Crippen LogP contribution in [0.4, 0.5) is 0 Å². The van der Waals surface area contributed by atoms with E-state index in [0.29, 0.717) is 26.0 Å². The first-order chi connectivity index (χ1) is 9.78. The minimum absolute atomic E-state index is 0.126. The number of nitrogens with zero attached hydrogens (tertiary/aromatic N) is 2. The summed E-state index contributed by atoms with van der Waals surface area (Å²) < 4.78 is 5.68. The molecule has 1 N–H and O–H groups in total. The molecule has 1 aromatic rings. The van der Waals surface area contributed by atoms with E-state index in [1.165, 1.54) is 0 Å². The average Bonchev–Trinajstić information content (AvgIpc) is 2.66. The molecule has 0 unspecified atom stereocenters. The second-order valence-electron chi connectivity index (χ2n) is 4.77. The number of nitriles is 1. The van der Waals surface area contributed by atoms with Crippen LogP contribution in [0.15, 0.2) is 24.3 Å². The molecule has 0 radical (unpaired) electrons. The predicted molar refractivity (Wildman–Crippen MR) is 75.3 cm³/mol. The maximum atomic E-state index is 11.2. The highest BCUT2D eigenvalue weighted by Crippen LogP contribution is 2.12. The molecule has 0 aromatic heterocycles. The lowest BCUT2D eigenvalue weighted by Gasteiger charge is -2.18. The van der Waals surface area contributed by atoms with Gasteiger partial charge in [0.2, 0.25) is 5.91 Å². The summed E-state index contributed by atoms with van der Waals surface area (Å²) in [7, 11) is 0. The average molecular weight is 273 g/mol. The molecule has 1 amide bonds. The molecule has 5 heteroatoms. The van der Waals surface area contributed by atoms with E-state index in [1.54, 1.807) is 0 Å². The molecular weight excluding hydrogens is 254 g/mol. The fourth-order valence-corrected chi connectivity index (χ4v) is 2.12. The van der Waals surface area contributed by atoms with Crippen molar-refractivity contribution in [3.05, 3.63) is 29.8 Å². The van der Waals surface area contributed by atoms with Gasteiger partial charge in [0.1, 0.15) is 12.4 Å². The number of ether oxygens (including phenoxy) is 1. The van der Waals surface area contributed by atoms with Crippen LogP contribution in [0.25, 0.3) is 0 Å². The number of carbonyl (C=O) groups is 1. The first-order valence-corrected chi connectivity index (χ1v) is 6.85. The molecule has 1 heterocycles. The number of benzene rings is 1. The van der Waals surface area contributed by atoms with E-state index in [2.05, 4.69) is 16.3 Å². The minimum atomic E-state index is 0.126. The SMILES string of the molecule is N#CCc1ccc(OCCN2CCNC(=O)CC2)cc1. The first-order valence-electron chi connectivity index (χ1n) is 6.85. The van der Waals surface area contributed by atoms with Crippen molar-refractivity contribution in [1.82, 2.24) is 10.2 Å². The molecule has 1 aliphatic rings. The Bertz CT molecular complexity index is 479. The molecule has 1 aliphatic heterocycles. The number of rotatable bonds is 5. The highest BCUT2D eigenvalue weighted by Gasteiger charge is 2.12. The van der Waals surface area contributed by atoms with Crippen molar-refractivity contribution in [2.24, 2.45) is 0 Å². The predicted octanol–water partition coefficient (Wildman–Crippen LogP) is 0.953. The van der Waals surface area contributed by atoms with Crippen LogP contribution < -0.4 is 10.1 Å². The normalized spacial score (nSPS) is 16.1. The topological polar surface area (TPSA) is 65.4 Å². The fraction of sp³-hybridized carbons (Fsp3) is 0.467. The zero-order valence-corrected chi connectivity index (χ0v) is 11.5. The van der Waals surface area contributed by atoms with Gasteiger partial charge in [-0.3, -0.25) is 9.69 Å². The molecule has 0 aliphatic carbocycles. The Balaban J connectivity index is 1.72. The van der Waals surface area contributed by atoms with E-state index in [0.717, 1.165) is 30.9 Å². The Morgan fingerprint density at radius 1 is 1.30 bits per heavy atom. The third kappa shape index (κ3) is 4.56. The summed E-state index contributed by atoms with van der Waals surface area (Å²) in [6.07, 6.45) is 0.984. The van der Waals surface area contributed by atoms with Crippen molar-refractivity contribution in [3.63, 3.8) is 0 Å². The van der Waals surface area contributed by atoms with E-state index < -0.39 is 0 Å². The number of hydrogen-bond acceptors (Lipinski definition) is 4. The first kappa shape index (κ1) is 14.4. The highest BCUT2D eigenvalue weighted by molar-refractivity contribution is 5.76. The van der Waals surface area contributed by atoms with Gasteiger partial charge in [-0.25, -0.2) is 0 Å². The van der Waals surface area contributed by atoms with Crippen LogP contribution in [0.5, 0.6) is 5.75 Å². The maximum absolute atomic E-state index is 11.2. The third-order valence-corrected chi connectivity index (χ3v) is 3.29. The summed E-state index contributed by atoms with van der Waals surface area (Å²) in [5.41, 5.74) is 0.997. The molecule has 5 nitrogen and oxygen atoms in total. The number of amides is 1. The van der Waals surface area contributed by atoms with Gasteiger partial charge in [0.05, 0.1) is 12.5 Å². The van der Waals surface area contributed by atoms with Gasteiger partial charge in [-0.05, 0) is 17.7 Å². The zero-order chi connectivity index (χ0) is 14.2. The molecule has 2 rings (SSSR count). The van der Waals surface area contributed by atoms with Gasteiger partial charge in [0, 0.05) is 32.6 Å². The number of carbonyl (C=O) groups excluding carboxylic acids is 1. The lowest BCUT2D eigenvalue weighted by molar-refractivity contribution is -0.120. The third-order valence-electron chi connectivity index (χ3n) is 3.29. The molecule has 0 bridgehead atoms. The van der Waals surface area contributed by atoms with Gasteiger partial charge < -0.3 is 10.1 Å². The van der Waals surface area contributed by atoms with Crippen molar-refractivity contribution in [2.45, 2.75) is 12.8 Å². The van der Waals surface area contributed by atoms with Crippen molar-refractivity contribution in [2.75, 3.05) is 32.8 Å². The van der Waals surface area contributed by atoms with Crippen LogP contribution in [0.2, 0.25) is 0 Å². The zero-order valence-electron chi connectivity index (χ0n) is 11.5. The Hall–Kier alpha value is -2.06. The summed E-state index contributed by atoms with van der Waals surface area (Å²) in [6, 6.07) is 9.72. The summed E-state index contributed by atoms with van der Waals surface area (Å²) >= 11 is 0. The Morgan fingerprint density at radius 3 is 2.85 bits per heavy atom. The Kier molecular flexibility index (Phi) is 5.39. The Morgan fingerprint density at radius 2 is 2.10 bits per heavy atom. The summed E-state index contributed by atoms with van der Waals surface area (Å²) in [5, 5.41) is 11.5. The molecule has 1 fully saturated rings. The second kappa shape index (κ2) is 7.51. The smallest absolute Gasteiger partial charge is 0.221 e. The van der Waals surface area contributed by atoms with Gasteiger partial charge in [0.25, 0.3) is 0 Å². The molecule has 20 heavy (non-hydrogen) atoms. The van der Waals surface area contributed by atoms with Crippen molar-refractivity contribution in [3.8, 4) is 11.8 Å². The fourth-order valence-electron chi connectivity index (χ4n) is 2.12. The van der Waals surface area contributed by atoms with E-state index in [4.69, 9.17) is 10.00 Å². The van der Waals surface area contributed by atoms with E-state index in [1.807, 2.05) is 24.3 Å². The lowest BCUT2D eigenvalue weighted by atomic mass is 10.2. The molecule has 1 aromatic carbocycles. The Labute approximate surface area is 119 Å². The van der Waals surface area contributed by atoms with Gasteiger partial charge >= 0.3 is 0 Å². The number of nitrogens with one attached hydrogen (secondary N) is 1. The van der Waals surface area contributed by atoms with Crippen LogP contribution in [-0.4, -0.2) is 43.6 Å². The van der Waals surface area contributed by atoms with E-state index in [9.17, 15) is 4.79 Å². The highest BCUT2D eigenvalue weighted by atomic mass is 16.5.